The maximum atomic E-state index is 5.84. The highest BCUT2D eigenvalue weighted by Gasteiger charge is 2.26. The number of hydrogen-bond acceptors (Lipinski definition) is 6. The summed E-state index contributed by atoms with van der Waals surface area (Å²) < 4.78 is 7.91. The third-order valence-electron chi connectivity index (χ3n) is 3.86. The average Bonchev–Trinajstić information content (AvgIpc) is 3.25. The van der Waals surface area contributed by atoms with Crippen LogP contribution in [0.2, 0.25) is 0 Å². The summed E-state index contributed by atoms with van der Waals surface area (Å²) in [4.78, 5) is 11.0. The van der Waals surface area contributed by atoms with E-state index in [4.69, 9.17) is 4.74 Å². The van der Waals surface area contributed by atoms with Crippen LogP contribution in [0.15, 0.2) is 48.2 Å². The fourth-order valence-electron chi connectivity index (χ4n) is 2.84. The van der Waals surface area contributed by atoms with Crippen LogP contribution in [-0.4, -0.2) is 37.8 Å². The van der Waals surface area contributed by atoms with E-state index in [-0.39, 0.29) is 6.04 Å². The van der Waals surface area contributed by atoms with Gasteiger partial charge in [0.15, 0.2) is 0 Å². The second-order valence-electron chi connectivity index (χ2n) is 5.50. The van der Waals surface area contributed by atoms with E-state index in [1.54, 1.807) is 17.5 Å². The van der Waals surface area contributed by atoms with Crippen molar-refractivity contribution in [3.8, 4) is 5.88 Å². The molecule has 0 fully saturated rings. The lowest BCUT2D eigenvalue weighted by atomic mass is 10.2. The van der Waals surface area contributed by atoms with Crippen molar-refractivity contribution in [2.45, 2.75) is 19.1 Å². The van der Waals surface area contributed by atoms with Gasteiger partial charge in [0.25, 0.3) is 0 Å². The van der Waals surface area contributed by atoms with Gasteiger partial charge in [-0.15, -0.1) is 11.3 Å². The molecule has 0 saturated carbocycles. The van der Waals surface area contributed by atoms with Gasteiger partial charge >= 0.3 is 0 Å². The summed E-state index contributed by atoms with van der Waals surface area (Å²) in [5, 5.41) is 7.62. The predicted molar refractivity (Wildman–Crippen MR) is 87.2 cm³/mol. The molecule has 3 aromatic rings. The molecule has 7 heteroatoms. The van der Waals surface area contributed by atoms with Crippen LogP contribution >= 0.6 is 11.3 Å². The second kappa shape index (κ2) is 6.47. The molecule has 0 amide bonds. The van der Waals surface area contributed by atoms with Gasteiger partial charge in [0, 0.05) is 43.1 Å². The molecular formula is C16H17N5OS. The smallest absolute Gasteiger partial charge is 0.213 e. The first-order valence-corrected chi connectivity index (χ1v) is 8.43. The molecule has 1 atom stereocenters. The molecule has 4 rings (SSSR count). The minimum atomic E-state index is 0.177. The highest BCUT2D eigenvalue weighted by Crippen LogP contribution is 2.23. The zero-order valence-corrected chi connectivity index (χ0v) is 13.4. The number of fused-ring (bicyclic) bond motifs is 1. The Morgan fingerprint density at radius 3 is 3.00 bits per heavy atom. The van der Waals surface area contributed by atoms with Gasteiger partial charge in [-0.1, -0.05) is 6.07 Å². The predicted octanol–water partition coefficient (Wildman–Crippen LogP) is 2.37. The Morgan fingerprint density at radius 2 is 2.17 bits per heavy atom. The summed E-state index contributed by atoms with van der Waals surface area (Å²) >= 11 is 1.69. The van der Waals surface area contributed by atoms with Crippen LogP contribution in [0.4, 0.5) is 0 Å². The highest BCUT2D eigenvalue weighted by molar-refractivity contribution is 7.09. The standard InChI is InChI=1S/C16H17N5OS/c1-2-5-17-15(3-1)22-12-14-10-20(11-16-18-7-8-23-16)9-13-4-6-19-21(13)14/h1-8,14H,9-12H2. The van der Waals surface area contributed by atoms with Gasteiger partial charge in [0.05, 0.1) is 18.3 Å². The Balaban J connectivity index is 1.47. The van der Waals surface area contributed by atoms with Crippen molar-refractivity contribution in [2.24, 2.45) is 0 Å². The fraction of sp³-hybridized carbons (Fsp3) is 0.312. The van der Waals surface area contributed by atoms with E-state index in [0.29, 0.717) is 12.5 Å². The van der Waals surface area contributed by atoms with Gasteiger partial charge in [0.2, 0.25) is 5.88 Å². The average molecular weight is 327 g/mol. The summed E-state index contributed by atoms with van der Waals surface area (Å²) in [6.45, 7) is 3.20. The molecule has 118 valence electrons. The molecule has 3 aromatic heterocycles. The van der Waals surface area contributed by atoms with Gasteiger partial charge in [-0.25, -0.2) is 9.97 Å². The van der Waals surface area contributed by atoms with Gasteiger partial charge in [-0.2, -0.15) is 5.10 Å². The van der Waals surface area contributed by atoms with Crippen LogP contribution in [0.25, 0.3) is 0 Å². The van der Waals surface area contributed by atoms with Crippen molar-refractivity contribution in [2.75, 3.05) is 13.2 Å². The first kappa shape index (κ1) is 14.3. The lowest BCUT2D eigenvalue weighted by Crippen LogP contribution is -2.39. The van der Waals surface area contributed by atoms with Crippen molar-refractivity contribution < 1.29 is 4.74 Å². The number of thiazole rings is 1. The fourth-order valence-corrected chi connectivity index (χ4v) is 3.50. The Labute approximate surface area is 138 Å². The van der Waals surface area contributed by atoms with E-state index in [1.165, 1.54) is 5.69 Å². The number of pyridine rings is 1. The third-order valence-corrected chi connectivity index (χ3v) is 4.62. The van der Waals surface area contributed by atoms with E-state index in [1.807, 2.05) is 36.0 Å². The summed E-state index contributed by atoms with van der Waals surface area (Å²) in [6.07, 6.45) is 5.45. The molecule has 1 aliphatic heterocycles. The van der Waals surface area contributed by atoms with E-state index in [0.717, 1.165) is 24.6 Å². The zero-order valence-electron chi connectivity index (χ0n) is 12.6. The van der Waals surface area contributed by atoms with Gasteiger partial charge in [-0.05, 0) is 12.1 Å². The largest absolute Gasteiger partial charge is 0.475 e. The Morgan fingerprint density at radius 1 is 1.17 bits per heavy atom. The van der Waals surface area contributed by atoms with Crippen molar-refractivity contribution >= 4 is 11.3 Å². The van der Waals surface area contributed by atoms with E-state index in [9.17, 15) is 0 Å². The summed E-state index contributed by atoms with van der Waals surface area (Å²) in [5.74, 6) is 0.651. The van der Waals surface area contributed by atoms with Crippen LogP contribution in [0.1, 0.15) is 16.7 Å². The molecular weight excluding hydrogens is 310 g/mol. The van der Waals surface area contributed by atoms with E-state index < -0.39 is 0 Å². The molecule has 0 aromatic carbocycles. The highest BCUT2D eigenvalue weighted by atomic mass is 32.1. The van der Waals surface area contributed by atoms with Gasteiger partial charge in [0.1, 0.15) is 11.6 Å². The maximum Gasteiger partial charge on any atom is 0.213 e. The molecule has 0 spiro atoms. The SMILES string of the molecule is c1ccc(OCC2CN(Cc3nccs3)Cc3ccnn32)nc1. The Hall–Kier alpha value is -2.25. The normalized spacial score (nSPS) is 17.8. The summed E-state index contributed by atoms with van der Waals surface area (Å²) in [5.41, 5.74) is 1.21. The number of hydrogen-bond donors (Lipinski definition) is 0. The van der Waals surface area contributed by atoms with Gasteiger partial charge in [-0.3, -0.25) is 9.58 Å². The Kier molecular flexibility index (Phi) is 4.04. The van der Waals surface area contributed by atoms with Crippen molar-refractivity contribution in [3.05, 3.63) is 58.9 Å². The molecule has 0 radical (unpaired) electrons. The lowest BCUT2D eigenvalue weighted by Gasteiger charge is -2.33. The van der Waals surface area contributed by atoms with Crippen LogP contribution in [0.5, 0.6) is 5.88 Å². The lowest BCUT2D eigenvalue weighted by molar-refractivity contribution is 0.125. The first-order valence-electron chi connectivity index (χ1n) is 7.55. The summed E-state index contributed by atoms with van der Waals surface area (Å²) in [7, 11) is 0. The molecule has 6 nitrogen and oxygen atoms in total. The van der Waals surface area contributed by atoms with Gasteiger partial charge < -0.3 is 4.74 Å². The maximum absolute atomic E-state index is 5.84. The van der Waals surface area contributed by atoms with Crippen molar-refractivity contribution in [3.63, 3.8) is 0 Å². The van der Waals surface area contributed by atoms with E-state index in [2.05, 4.69) is 30.7 Å². The van der Waals surface area contributed by atoms with Crippen molar-refractivity contribution in [1.29, 1.82) is 0 Å². The second-order valence-corrected chi connectivity index (χ2v) is 6.47. The minimum Gasteiger partial charge on any atom is -0.475 e. The van der Waals surface area contributed by atoms with E-state index >= 15 is 0 Å². The topological polar surface area (TPSA) is 56.1 Å². The number of rotatable bonds is 5. The van der Waals surface area contributed by atoms with Crippen LogP contribution in [0, 0.1) is 0 Å². The van der Waals surface area contributed by atoms with Crippen LogP contribution in [-0.2, 0) is 13.1 Å². The van der Waals surface area contributed by atoms with Crippen LogP contribution < -0.4 is 4.74 Å². The molecule has 4 heterocycles. The van der Waals surface area contributed by atoms with Crippen LogP contribution in [0.3, 0.4) is 0 Å². The molecule has 0 aliphatic carbocycles. The molecule has 0 N–H and O–H groups in total. The first-order chi connectivity index (χ1) is 11.4. The minimum absolute atomic E-state index is 0.177. The number of ether oxygens (including phenoxy) is 1. The van der Waals surface area contributed by atoms with Crippen molar-refractivity contribution in [1.82, 2.24) is 24.6 Å². The third kappa shape index (κ3) is 3.25. The monoisotopic (exact) mass is 327 g/mol. The molecule has 1 aliphatic rings. The number of nitrogens with zero attached hydrogens (tertiary/aromatic N) is 5. The molecule has 1 unspecified atom stereocenters. The quantitative estimate of drug-likeness (QED) is 0.720. The number of aromatic nitrogens is 4. The molecule has 0 bridgehead atoms. The zero-order chi connectivity index (χ0) is 15.5. The Bertz CT molecular complexity index is 743. The summed E-state index contributed by atoms with van der Waals surface area (Å²) in [6, 6.07) is 7.93. The molecule has 23 heavy (non-hydrogen) atoms. The molecule has 0 saturated heterocycles.